The maximum atomic E-state index is 11.7. The topological polar surface area (TPSA) is 17.1 Å². The Morgan fingerprint density at radius 3 is 2.62 bits per heavy atom. The third-order valence-electron chi connectivity index (χ3n) is 3.54. The molecule has 0 bridgehead atoms. The minimum atomic E-state index is 0.448. The number of likely N-dealkylation sites (tertiary alicyclic amines) is 1. The van der Waals surface area contributed by atoms with Gasteiger partial charge in [-0.15, -0.1) is 0 Å². The van der Waals surface area contributed by atoms with Gasteiger partial charge in [0.15, 0.2) is 0 Å². The molecule has 1 heterocycles. The van der Waals surface area contributed by atoms with E-state index >= 15 is 0 Å². The zero-order valence-corrected chi connectivity index (χ0v) is 9.18. The van der Waals surface area contributed by atoms with Crippen LogP contribution in [0, 0.1) is 0 Å². The number of carbonyl (C=O) groups excluding carboxylic acids is 1. The summed E-state index contributed by atoms with van der Waals surface area (Å²) in [6.45, 7) is 5.46. The van der Waals surface area contributed by atoms with Crippen LogP contribution in [0.15, 0.2) is 0 Å². The van der Waals surface area contributed by atoms with E-state index in [0.29, 0.717) is 16.4 Å². The summed E-state index contributed by atoms with van der Waals surface area (Å²) in [5.41, 5.74) is 0. The van der Waals surface area contributed by atoms with Gasteiger partial charge >= 0.3 is 5.91 Å². The van der Waals surface area contributed by atoms with Gasteiger partial charge in [0.25, 0.3) is 0 Å². The molecule has 0 aromatic heterocycles. The molecule has 2 nitrogen and oxygen atoms in total. The molecule has 13 heavy (non-hydrogen) atoms. The number of nitrogens with zero attached hydrogens (tertiary/aromatic N) is 1. The molecule has 76 valence electrons. The van der Waals surface area contributed by atoms with Crippen molar-refractivity contribution in [2.24, 2.45) is 0 Å². The van der Waals surface area contributed by atoms with E-state index in [2.05, 4.69) is 20.9 Å². The number of carbonyl (C=O) groups is 1. The van der Waals surface area contributed by atoms with E-state index in [0.717, 1.165) is 19.4 Å². The summed E-state index contributed by atoms with van der Waals surface area (Å²) >= 11 is 0. The molecule has 2 heteroatoms. The molecular weight excluding hydrogens is 162 g/mol. The summed E-state index contributed by atoms with van der Waals surface area (Å²) in [5.74, 6) is 0.448. The number of quaternary nitrogens is 1. The first-order valence-electron chi connectivity index (χ1n) is 5.50. The molecule has 0 N–H and O–H groups in total. The fourth-order valence-corrected chi connectivity index (χ4v) is 2.15. The second kappa shape index (κ2) is 4.23. The van der Waals surface area contributed by atoms with Crippen molar-refractivity contribution in [2.75, 3.05) is 13.6 Å². The van der Waals surface area contributed by atoms with Crippen LogP contribution in [0.4, 0.5) is 0 Å². The third kappa shape index (κ3) is 2.11. The van der Waals surface area contributed by atoms with E-state index in [1.807, 2.05) is 0 Å². The molecule has 0 spiro atoms. The smallest absolute Gasteiger partial charge is 0.261 e. The van der Waals surface area contributed by atoms with E-state index < -0.39 is 0 Å². The molecule has 0 radical (unpaired) electrons. The molecule has 2 unspecified atom stereocenters. The van der Waals surface area contributed by atoms with Gasteiger partial charge in [-0.3, -0.25) is 4.48 Å². The molecule has 1 amide bonds. The minimum Gasteiger partial charge on any atom is -0.261 e. The summed E-state index contributed by atoms with van der Waals surface area (Å²) in [7, 11) is 2.11. The Hall–Kier alpha value is -0.370. The fraction of sp³-hybridized carbons (Fsp3) is 0.909. The molecule has 1 aliphatic rings. The van der Waals surface area contributed by atoms with Crippen molar-refractivity contribution >= 4 is 5.91 Å². The number of rotatable bonds is 4. The summed E-state index contributed by atoms with van der Waals surface area (Å²) in [5, 5.41) is 0. The highest BCUT2D eigenvalue weighted by molar-refractivity contribution is 5.70. The predicted octanol–water partition coefficient (Wildman–Crippen LogP) is 2.33. The monoisotopic (exact) mass is 184 g/mol. The molecule has 1 aliphatic heterocycles. The van der Waals surface area contributed by atoms with Gasteiger partial charge < -0.3 is 0 Å². The second-order valence-corrected chi connectivity index (χ2v) is 4.48. The third-order valence-corrected chi connectivity index (χ3v) is 3.54. The molecule has 0 aromatic rings. The van der Waals surface area contributed by atoms with Gasteiger partial charge in [0, 0.05) is 6.42 Å². The van der Waals surface area contributed by atoms with Crippen LogP contribution in [0.5, 0.6) is 0 Å². The van der Waals surface area contributed by atoms with Crippen molar-refractivity contribution in [1.29, 1.82) is 0 Å². The highest BCUT2D eigenvalue weighted by Gasteiger charge is 2.42. The number of amides is 1. The van der Waals surface area contributed by atoms with Gasteiger partial charge in [-0.2, -0.15) is 0 Å². The molecule has 0 aromatic carbocycles. The first kappa shape index (κ1) is 10.7. The van der Waals surface area contributed by atoms with E-state index in [9.17, 15) is 4.79 Å². The number of hydrogen-bond donors (Lipinski definition) is 0. The predicted molar refractivity (Wildman–Crippen MR) is 54.3 cm³/mol. The molecule has 0 aliphatic carbocycles. The van der Waals surface area contributed by atoms with Gasteiger partial charge in [-0.05, 0) is 19.8 Å². The standard InChI is InChI=1S/C11H22NO/c1-4-5-6-9-12(3)10(2)7-8-11(12)13/h10H,4-9H2,1-3H3/q+1. The van der Waals surface area contributed by atoms with E-state index in [1.54, 1.807) is 0 Å². The van der Waals surface area contributed by atoms with Crippen LogP contribution in [-0.2, 0) is 4.79 Å². The first-order chi connectivity index (χ1) is 6.11. The zero-order chi connectivity index (χ0) is 9.90. The van der Waals surface area contributed by atoms with Gasteiger partial charge in [-0.25, -0.2) is 4.79 Å². The van der Waals surface area contributed by atoms with Crippen LogP contribution in [0.3, 0.4) is 0 Å². The zero-order valence-electron chi connectivity index (χ0n) is 9.18. The maximum absolute atomic E-state index is 11.7. The van der Waals surface area contributed by atoms with Crippen LogP contribution in [0.2, 0.25) is 0 Å². The Balaban J connectivity index is 2.47. The van der Waals surface area contributed by atoms with Crippen molar-refractivity contribution in [1.82, 2.24) is 0 Å². The van der Waals surface area contributed by atoms with Crippen LogP contribution in [0.1, 0.15) is 46.0 Å². The lowest BCUT2D eigenvalue weighted by Crippen LogP contribution is -2.50. The Kier molecular flexibility index (Phi) is 3.48. The van der Waals surface area contributed by atoms with Gasteiger partial charge in [0.05, 0.1) is 26.1 Å². The fourth-order valence-electron chi connectivity index (χ4n) is 2.15. The molecule has 1 saturated heterocycles. The van der Waals surface area contributed by atoms with Crippen molar-refractivity contribution in [3.63, 3.8) is 0 Å². The Morgan fingerprint density at radius 2 is 2.15 bits per heavy atom. The number of unbranched alkanes of at least 4 members (excludes halogenated alkanes) is 2. The van der Waals surface area contributed by atoms with E-state index in [1.165, 1.54) is 19.3 Å². The Labute approximate surface area is 81.5 Å². The average Bonchev–Trinajstić information content (AvgIpc) is 2.35. The normalized spacial score (nSPS) is 34.1. The lowest BCUT2D eigenvalue weighted by Gasteiger charge is -2.31. The largest absolute Gasteiger partial charge is 0.313 e. The summed E-state index contributed by atoms with van der Waals surface area (Å²) in [6, 6.07) is 0.546. The lowest BCUT2D eigenvalue weighted by molar-refractivity contribution is -0.849. The SMILES string of the molecule is CCCCC[N+]1(C)C(=O)CCC1C. The highest BCUT2D eigenvalue weighted by Crippen LogP contribution is 2.26. The van der Waals surface area contributed by atoms with Crippen molar-refractivity contribution in [3.8, 4) is 0 Å². The van der Waals surface area contributed by atoms with E-state index in [-0.39, 0.29) is 0 Å². The molecule has 0 saturated carbocycles. The maximum Gasteiger partial charge on any atom is 0.313 e. The summed E-state index contributed by atoms with van der Waals surface area (Å²) in [6.07, 6.45) is 5.57. The van der Waals surface area contributed by atoms with Crippen LogP contribution in [-0.4, -0.2) is 30.0 Å². The van der Waals surface area contributed by atoms with Gasteiger partial charge in [0.2, 0.25) is 0 Å². The van der Waals surface area contributed by atoms with Crippen LogP contribution < -0.4 is 0 Å². The minimum absolute atomic E-state index is 0.448. The Morgan fingerprint density at radius 1 is 1.46 bits per heavy atom. The van der Waals surface area contributed by atoms with Crippen molar-refractivity contribution < 1.29 is 9.28 Å². The molecular formula is C11H22NO+. The van der Waals surface area contributed by atoms with Gasteiger partial charge in [0.1, 0.15) is 0 Å². The molecule has 1 fully saturated rings. The Bertz CT molecular complexity index is 191. The van der Waals surface area contributed by atoms with Crippen LogP contribution >= 0.6 is 0 Å². The average molecular weight is 184 g/mol. The molecule has 2 atom stereocenters. The highest BCUT2D eigenvalue weighted by atomic mass is 16.2. The summed E-state index contributed by atoms with van der Waals surface area (Å²) < 4.78 is 0.694. The first-order valence-corrected chi connectivity index (χ1v) is 5.50. The quantitative estimate of drug-likeness (QED) is 0.484. The van der Waals surface area contributed by atoms with Crippen molar-refractivity contribution in [2.45, 2.75) is 52.0 Å². The van der Waals surface area contributed by atoms with Crippen LogP contribution in [0.25, 0.3) is 0 Å². The van der Waals surface area contributed by atoms with Gasteiger partial charge in [-0.1, -0.05) is 13.3 Å². The molecule has 1 rings (SSSR count). The lowest BCUT2D eigenvalue weighted by atomic mass is 10.2. The second-order valence-electron chi connectivity index (χ2n) is 4.48. The summed E-state index contributed by atoms with van der Waals surface area (Å²) in [4.78, 5) is 11.7. The number of hydrogen-bond acceptors (Lipinski definition) is 1. The van der Waals surface area contributed by atoms with E-state index in [4.69, 9.17) is 0 Å². The van der Waals surface area contributed by atoms with Crippen molar-refractivity contribution in [3.05, 3.63) is 0 Å².